The van der Waals surface area contributed by atoms with Crippen molar-refractivity contribution in [3.63, 3.8) is 0 Å². The van der Waals surface area contributed by atoms with E-state index in [-0.39, 0.29) is 19.1 Å². The first-order chi connectivity index (χ1) is 25.0. The summed E-state index contributed by atoms with van der Waals surface area (Å²) in [6.07, 6.45) is 42.0. The average molecular weight is 756 g/mol. The predicted molar refractivity (Wildman–Crippen MR) is 221 cm³/mol. The minimum absolute atomic E-state index is 0.0594. The number of nitrogens with one attached hydrogen (secondary N) is 1. The number of phosphoric ester groups is 1. The van der Waals surface area contributed by atoms with E-state index in [9.17, 15) is 19.4 Å². The van der Waals surface area contributed by atoms with Crippen LogP contribution in [0.5, 0.6) is 0 Å². The van der Waals surface area contributed by atoms with Crippen LogP contribution in [0.25, 0.3) is 0 Å². The zero-order chi connectivity index (χ0) is 38.6. The number of amides is 1. The second-order valence-electron chi connectivity index (χ2n) is 15.7. The van der Waals surface area contributed by atoms with Gasteiger partial charge in [-0.1, -0.05) is 159 Å². The van der Waals surface area contributed by atoms with Crippen LogP contribution < -0.4 is 5.32 Å². The van der Waals surface area contributed by atoms with Crippen LogP contribution in [-0.2, 0) is 18.4 Å². The van der Waals surface area contributed by atoms with E-state index in [1.807, 2.05) is 27.2 Å². The van der Waals surface area contributed by atoms with Gasteiger partial charge in [0.15, 0.2) is 0 Å². The molecule has 306 valence electrons. The lowest BCUT2D eigenvalue weighted by molar-refractivity contribution is -0.870. The van der Waals surface area contributed by atoms with Crippen LogP contribution in [0.1, 0.15) is 181 Å². The maximum absolute atomic E-state index is 12.8. The molecule has 0 bridgehead atoms. The third-order valence-corrected chi connectivity index (χ3v) is 10.3. The van der Waals surface area contributed by atoms with Gasteiger partial charge in [0, 0.05) is 6.42 Å². The van der Waals surface area contributed by atoms with Gasteiger partial charge < -0.3 is 19.8 Å². The highest BCUT2D eigenvalue weighted by molar-refractivity contribution is 7.47. The van der Waals surface area contributed by atoms with Crippen LogP contribution in [0.15, 0.2) is 36.5 Å². The first-order valence-electron chi connectivity index (χ1n) is 21.4. The number of carbonyl (C=O) groups excluding carboxylic acids is 1. The molecule has 0 saturated carbocycles. The van der Waals surface area contributed by atoms with Crippen molar-refractivity contribution in [2.24, 2.45) is 0 Å². The summed E-state index contributed by atoms with van der Waals surface area (Å²) in [5.74, 6) is -0.187. The van der Waals surface area contributed by atoms with Crippen LogP contribution >= 0.6 is 7.82 Å². The molecule has 0 saturated heterocycles. The number of aliphatic hydroxyl groups excluding tert-OH is 1. The standard InChI is InChI=1S/C43H83N2O6P/c1-6-8-10-12-14-16-18-20-21-22-23-25-27-29-31-33-35-37-43(47)44-41(40-51-52(48,49)50-39-38-45(3,4)5)42(46)36-34-32-30-28-26-24-19-17-15-13-11-9-7-2/h14,16,20-21,34,36,41-42,46H,6-13,15,17-19,22-33,35,37-40H2,1-5H3,(H-,44,47,48,49)/p+1/b16-14-,21-20-,36-34+/t41-,42+/m0/s1. The topological polar surface area (TPSA) is 105 Å². The summed E-state index contributed by atoms with van der Waals surface area (Å²) in [4.78, 5) is 23.1. The van der Waals surface area contributed by atoms with Crippen LogP contribution in [0.4, 0.5) is 0 Å². The summed E-state index contributed by atoms with van der Waals surface area (Å²) in [7, 11) is 1.56. The zero-order valence-corrected chi connectivity index (χ0v) is 35.4. The molecule has 52 heavy (non-hydrogen) atoms. The lowest BCUT2D eigenvalue weighted by atomic mass is 10.0. The quantitative estimate of drug-likeness (QED) is 0.0251. The third kappa shape index (κ3) is 37.1. The Kier molecular flexibility index (Phi) is 34.6. The molecule has 0 radical (unpaired) electrons. The molecule has 0 aromatic heterocycles. The first-order valence-corrected chi connectivity index (χ1v) is 22.9. The van der Waals surface area contributed by atoms with Gasteiger partial charge in [-0.15, -0.1) is 0 Å². The molecule has 0 aliphatic rings. The van der Waals surface area contributed by atoms with Crippen molar-refractivity contribution in [2.45, 2.75) is 193 Å². The van der Waals surface area contributed by atoms with Crippen LogP contribution in [0, 0.1) is 0 Å². The number of hydrogen-bond acceptors (Lipinski definition) is 5. The number of rotatable bonds is 38. The Bertz CT molecular complexity index is 948. The fourth-order valence-electron chi connectivity index (χ4n) is 5.89. The summed E-state index contributed by atoms with van der Waals surface area (Å²) in [5.41, 5.74) is 0. The van der Waals surface area contributed by atoms with Crippen LogP contribution in [-0.4, -0.2) is 73.4 Å². The Labute approximate surface area is 321 Å². The van der Waals surface area contributed by atoms with Crippen molar-refractivity contribution in [3.05, 3.63) is 36.5 Å². The highest BCUT2D eigenvalue weighted by atomic mass is 31.2. The second kappa shape index (κ2) is 35.4. The van der Waals surface area contributed by atoms with E-state index in [0.29, 0.717) is 17.4 Å². The molecule has 0 aromatic rings. The molecule has 9 heteroatoms. The van der Waals surface area contributed by atoms with Gasteiger partial charge >= 0.3 is 7.82 Å². The van der Waals surface area contributed by atoms with Gasteiger partial charge in [-0.2, -0.15) is 0 Å². The molecule has 0 aliphatic heterocycles. The maximum Gasteiger partial charge on any atom is 0.472 e. The SMILES string of the molecule is CCCCC/C=C\C/C=C\CCCCCCCCCC(=O)N[C@@H](COP(=O)(O)OCC[N+](C)(C)C)[C@H](O)/C=C/CCCCCCCCCCCCC. The Balaban J connectivity index is 4.46. The number of allylic oxidation sites excluding steroid dienone is 5. The highest BCUT2D eigenvalue weighted by Gasteiger charge is 2.27. The molecule has 3 N–H and O–H groups in total. The number of quaternary nitrogens is 1. The van der Waals surface area contributed by atoms with Crippen molar-refractivity contribution in [3.8, 4) is 0 Å². The lowest BCUT2D eigenvalue weighted by Crippen LogP contribution is -2.45. The number of hydrogen-bond donors (Lipinski definition) is 3. The van der Waals surface area contributed by atoms with Crippen LogP contribution in [0.3, 0.4) is 0 Å². The summed E-state index contributed by atoms with van der Waals surface area (Å²) >= 11 is 0. The van der Waals surface area contributed by atoms with Crippen molar-refractivity contribution in [1.29, 1.82) is 0 Å². The minimum atomic E-state index is -4.33. The van der Waals surface area contributed by atoms with Crippen molar-refractivity contribution < 1.29 is 32.9 Å². The largest absolute Gasteiger partial charge is 0.472 e. The Hall–Kier alpha value is -1.28. The summed E-state index contributed by atoms with van der Waals surface area (Å²) in [5, 5.41) is 13.8. The van der Waals surface area contributed by atoms with E-state index in [1.54, 1.807) is 6.08 Å². The molecule has 0 fully saturated rings. The summed E-state index contributed by atoms with van der Waals surface area (Å²) in [6, 6.07) is -0.848. The first kappa shape index (κ1) is 50.7. The fourth-order valence-corrected chi connectivity index (χ4v) is 6.63. The van der Waals surface area contributed by atoms with E-state index in [2.05, 4.69) is 43.5 Å². The number of unbranched alkanes of at least 4 members (excludes halogenated alkanes) is 21. The molecule has 0 aliphatic carbocycles. The number of likely N-dealkylation sites (N-methyl/N-ethyl adjacent to an activating group) is 1. The molecule has 3 atom stereocenters. The van der Waals surface area contributed by atoms with Crippen molar-refractivity contribution in [2.75, 3.05) is 40.9 Å². The monoisotopic (exact) mass is 756 g/mol. The summed E-state index contributed by atoms with van der Waals surface area (Å²) < 4.78 is 23.5. The molecule has 1 amide bonds. The number of aliphatic hydroxyl groups is 1. The molecule has 1 unspecified atom stereocenters. The van der Waals surface area contributed by atoms with E-state index in [1.165, 1.54) is 109 Å². The molecule has 0 heterocycles. The number of carbonyl (C=O) groups is 1. The maximum atomic E-state index is 12.8. The normalized spacial score (nSPS) is 14.8. The lowest BCUT2D eigenvalue weighted by Gasteiger charge is -2.25. The van der Waals surface area contributed by atoms with Crippen LogP contribution in [0.2, 0.25) is 0 Å². The Morgan fingerprint density at radius 3 is 1.62 bits per heavy atom. The van der Waals surface area contributed by atoms with Gasteiger partial charge in [-0.25, -0.2) is 4.57 Å². The van der Waals surface area contributed by atoms with E-state index >= 15 is 0 Å². The Morgan fingerprint density at radius 1 is 0.654 bits per heavy atom. The van der Waals surface area contributed by atoms with Gasteiger partial charge in [0.05, 0.1) is 39.9 Å². The molecular weight excluding hydrogens is 671 g/mol. The Morgan fingerprint density at radius 2 is 1.10 bits per heavy atom. The fraction of sp³-hybridized carbons (Fsp3) is 0.837. The zero-order valence-electron chi connectivity index (χ0n) is 34.5. The molecule has 0 rings (SSSR count). The molecule has 0 spiro atoms. The second-order valence-corrected chi connectivity index (χ2v) is 17.2. The van der Waals surface area contributed by atoms with Gasteiger partial charge in [0.2, 0.25) is 5.91 Å². The number of phosphoric acid groups is 1. The number of nitrogens with zero attached hydrogens (tertiary/aromatic N) is 1. The van der Waals surface area contributed by atoms with E-state index in [4.69, 9.17) is 9.05 Å². The van der Waals surface area contributed by atoms with Gasteiger partial charge in [0.25, 0.3) is 0 Å². The van der Waals surface area contributed by atoms with Crippen molar-refractivity contribution in [1.82, 2.24) is 5.32 Å². The van der Waals surface area contributed by atoms with Gasteiger partial charge in [-0.05, 0) is 51.4 Å². The van der Waals surface area contributed by atoms with E-state index < -0.39 is 20.0 Å². The minimum Gasteiger partial charge on any atom is -0.387 e. The van der Waals surface area contributed by atoms with Gasteiger partial charge in [-0.3, -0.25) is 13.8 Å². The average Bonchev–Trinajstić information content (AvgIpc) is 3.09. The molecular formula is C43H84N2O6P+. The smallest absolute Gasteiger partial charge is 0.387 e. The molecule has 8 nitrogen and oxygen atoms in total. The summed E-state index contributed by atoms with van der Waals surface area (Å²) in [6.45, 7) is 4.77. The van der Waals surface area contributed by atoms with Crippen molar-refractivity contribution >= 4 is 13.7 Å². The van der Waals surface area contributed by atoms with Gasteiger partial charge in [0.1, 0.15) is 13.2 Å². The molecule has 0 aromatic carbocycles. The highest BCUT2D eigenvalue weighted by Crippen LogP contribution is 2.43. The predicted octanol–water partition coefficient (Wildman–Crippen LogP) is 11.5. The van der Waals surface area contributed by atoms with E-state index in [0.717, 1.165) is 51.4 Å². The third-order valence-electron chi connectivity index (χ3n) is 9.35.